The number of esters is 1. The predicted octanol–water partition coefficient (Wildman–Crippen LogP) is 3.30. The number of benzene rings is 1. The summed E-state index contributed by atoms with van der Waals surface area (Å²) in [5.74, 6) is -0.312. The van der Waals surface area contributed by atoms with Crippen LogP contribution in [0.25, 0.3) is 0 Å². The number of carbonyl (C=O) groups is 1. The molecule has 2 heteroatoms. The number of ether oxygens (including phenoxy) is 1. The first-order chi connectivity index (χ1) is 8.13. The summed E-state index contributed by atoms with van der Waals surface area (Å²) in [6.07, 6.45) is 3.03. The largest absolute Gasteiger partial charge is 0.462 e. The van der Waals surface area contributed by atoms with Crippen LogP contribution in [0.3, 0.4) is 0 Å². The molecule has 0 saturated carbocycles. The molecule has 0 heterocycles. The third-order valence-corrected chi connectivity index (χ3v) is 2.53. The Kier molecular flexibility index (Phi) is 5.47. The molecule has 0 atom stereocenters. The Morgan fingerprint density at radius 3 is 2.18 bits per heavy atom. The Morgan fingerprint density at radius 2 is 1.71 bits per heavy atom. The smallest absolute Gasteiger partial charge is 0.333 e. The zero-order valence-corrected chi connectivity index (χ0v) is 10.7. The van der Waals surface area contributed by atoms with Crippen LogP contribution in [0.2, 0.25) is 0 Å². The van der Waals surface area contributed by atoms with Crippen molar-refractivity contribution in [2.75, 3.05) is 6.61 Å². The number of aryl methyl sites for hydroxylation is 1. The van der Waals surface area contributed by atoms with E-state index in [0.29, 0.717) is 12.2 Å². The molecule has 1 aromatic rings. The fourth-order valence-corrected chi connectivity index (χ4v) is 1.55. The van der Waals surface area contributed by atoms with E-state index in [-0.39, 0.29) is 5.97 Å². The third-order valence-electron chi connectivity index (χ3n) is 2.53. The van der Waals surface area contributed by atoms with Crippen molar-refractivity contribution in [3.05, 3.63) is 47.5 Å². The van der Waals surface area contributed by atoms with Crippen LogP contribution in [-0.2, 0) is 22.4 Å². The Balaban J connectivity index is 2.37. The van der Waals surface area contributed by atoms with E-state index in [1.165, 1.54) is 11.1 Å². The standard InChI is InChI=1S/C15H20O2/c1-4-5-13-6-8-14(9-7-13)10-11-17-15(16)12(2)3/h6-9H,2,4-5,10-11H2,1,3H3. The van der Waals surface area contributed by atoms with E-state index in [0.717, 1.165) is 19.3 Å². The summed E-state index contributed by atoms with van der Waals surface area (Å²) >= 11 is 0. The maximum atomic E-state index is 11.2. The summed E-state index contributed by atoms with van der Waals surface area (Å²) in [5, 5.41) is 0. The highest BCUT2D eigenvalue weighted by atomic mass is 16.5. The van der Waals surface area contributed by atoms with Gasteiger partial charge in [-0.15, -0.1) is 0 Å². The highest BCUT2D eigenvalue weighted by Crippen LogP contribution is 2.07. The van der Waals surface area contributed by atoms with Crippen LogP contribution in [0.4, 0.5) is 0 Å². The van der Waals surface area contributed by atoms with Crippen LogP contribution in [0.5, 0.6) is 0 Å². The van der Waals surface area contributed by atoms with Gasteiger partial charge < -0.3 is 4.74 Å². The van der Waals surface area contributed by atoms with Gasteiger partial charge in [0.25, 0.3) is 0 Å². The highest BCUT2D eigenvalue weighted by molar-refractivity contribution is 5.86. The first kappa shape index (κ1) is 13.5. The maximum Gasteiger partial charge on any atom is 0.333 e. The van der Waals surface area contributed by atoms with Gasteiger partial charge in [-0.25, -0.2) is 4.79 Å². The van der Waals surface area contributed by atoms with E-state index in [1.54, 1.807) is 6.92 Å². The summed E-state index contributed by atoms with van der Waals surface area (Å²) in [6.45, 7) is 7.78. The topological polar surface area (TPSA) is 26.3 Å². The Labute approximate surface area is 103 Å². The third kappa shape index (κ3) is 4.85. The Hall–Kier alpha value is -1.57. The van der Waals surface area contributed by atoms with Gasteiger partial charge in [0.15, 0.2) is 0 Å². The summed E-state index contributed by atoms with van der Waals surface area (Å²) in [4.78, 5) is 11.2. The summed E-state index contributed by atoms with van der Waals surface area (Å²) < 4.78 is 5.05. The Bertz CT molecular complexity index is 376. The van der Waals surface area contributed by atoms with Crippen LogP contribution in [-0.4, -0.2) is 12.6 Å². The number of hydrogen-bond donors (Lipinski definition) is 0. The lowest BCUT2D eigenvalue weighted by Crippen LogP contribution is -2.07. The molecule has 0 aliphatic rings. The van der Waals surface area contributed by atoms with Crippen molar-refractivity contribution in [2.24, 2.45) is 0 Å². The van der Waals surface area contributed by atoms with Crippen molar-refractivity contribution in [2.45, 2.75) is 33.1 Å². The average Bonchev–Trinajstić information content (AvgIpc) is 2.31. The normalized spacial score (nSPS) is 10.0. The highest BCUT2D eigenvalue weighted by Gasteiger charge is 2.02. The van der Waals surface area contributed by atoms with Gasteiger partial charge in [0, 0.05) is 12.0 Å². The summed E-state index contributed by atoms with van der Waals surface area (Å²) in [7, 11) is 0. The lowest BCUT2D eigenvalue weighted by atomic mass is 10.1. The van der Waals surface area contributed by atoms with Gasteiger partial charge in [0.2, 0.25) is 0 Å². The van der Waals surface area contributed by atoms with Crippen molar-refractivity contribution < 1.29 is 9.53 Å². The second kappa shape index (κ2) is 6.89. The first-order valence-corrected chi connectivity index (χ1v) is 6.04. The van der Waals surface area contributed by atoms with E-state index in [4.69, 9.17) is 4.74 Å². The van der Waals surface area contributed by atoms with Gasteiger partial charge in [-0.1, -0.05) is 44.2 Å². The molecule has 0 aliphatic carbocycles. The summed E-state index contributed by atoms with van der Waals surface area (Å²) in [6, 6.07) is 8.47. The average molecular weight is 232 g/mol. The number of carbonyl (C=O) groups excluding carboxylic acids is 1. The van der Waals surface area contributed by atoms with Crippen molar-refractivity contribution >= 4 is 5.97 Å². The summed E-state index contributed by atoms with van der Waals surface area (Å²) in [5.41, 5.74) is 3.00. The second-order valence-electron chi connectivity index (χ2n) is 4.23. The molecule has 0 aliphatic heterocycles. The van der Waals surface area contributed by atoms with Gasteiger partial charge in [-0.05, 0) is 24.5 Å². The quantitative estimate of drug-likeness (QED) is 0.555. The Morgan fingerprint density at radius 1 is 1.18 bits per heavy atom. The maximum absolute atomic E-state index is 11.2. The number of rotatable bonds is 6. The van der Waals surface area contributed by atoms with Crippen LogP contribution >= 0.6 is 0 Å². The van der Waals surface area contributed by atoms with Crippen LogP contribution in [0.15, 0.2) is 36.4 Å². The molecule has 17 heavy (non-hydrogen) atoms. The lowest BCUT2D eigenvalue weighted by Gasteiger charge is -2.05. The number of hydrogen-bond acceptors (Lipinski definition) is 2. The zero-order valence-electron chi connectivity index (χ0n) is 10.7. The van der Waals surface area contributed by atoms with Gasteiger partial charge in [0.1, 0.15) is 0 Å². The second-order valence-corrected chi connectivity index (χ2v) is 4.23. The molecular formula is C15H20O2. The van der Waals surface area contributed by atoms with E-state index >= 15 is 0 Å². The molecule has 2 nitrogen and oxygen atoms in total. The molecule has 1 aromatic carbocycles. The van der Waals surface area contributed by atoms with Crippen LogP contribution < -0.4 is 0 Å². The van der Waals surface area contributed by atoms with Gasteiger partial charge in [-0.3, -0.25) is 0 Å². The van der Waals surface area contributed by atoms with Crippen molar-refractivity contribution in [3.63, 3.8) is 0 Å². The molecule has 0 N–H and O–H groups in total. The van der Waals surface area contributed by atoms with Crippen molar-refractivity contribution in [3.8, 4) is 0 Å². The zero-order chi connectivity index (χ0) is 12.7. The molecule has 0 radical (unpaired) electrons. The molecule has 0 bridgehead atoms. The SMILES string of the molecule is C=C(C)C(=O)OCCc1ccc(CCC)cc1. The van der Waals surface area contributed by atoms with Crippen LogP contribution in [0, 0.1) is 0 Å². The predicted molar refractivity (Wildman–Crippen MR) is 69.9 cm³/mol. The molecular weight excluding hydrogens is 212 g/mol. The van der Waals surface area contributed by atoms with Crippen molar-refractivity contribution in [1.82, 2.24) is 0 Å². The molecule has 0 aromatic heterocycles. The molecule has 0 fully saturated rings. The lowest BCUT2D eigenvalue weighted by molar-refractivity contribution is -0.138. The minimum absolute atomic E-state index is 0.312. The minimum Gasteiger partial charge on any atom is -0.462 e. The first-order valence-electron chi connectivity index (χ1n) is 6.04. The molecule has 0 saturated heterocycles. The van der Waals surface area contributed by atoms with Gasteiger partial charge in [-0.2, -0.15) is 0 Å². The van der Waals surface area contributed by atoms with Gasteiger partial charge in [0.05, 0.1) is 6.61 Å². The van der Waals surface area contributed by atoms with E-state index in [9.17, 15) is 4.79 Å². The molecule has 0 spiro atoms. The molecule has 0 amide bonds. The van der Waals surface area contributed by atoms with Gasteiger partial charge >= 0.3 is 5.97 Å². The monoisotopic (exact) mass is 232 g/mol. The van der Waals surface area contributed by atoms with E-state index in [1.807, 2.05) is 0 Å². The van der Waals surface area contributed by atoms with Crippen molar-refractivity contribution in [1.29, 1.82) is 0 Å². The van der Waals surface area contributed by atoms with E-state index in [2.05, 4.69) is 37.8 Å². The molecule has 92 valence electrons. The minimum atomic E-state index is -0.312. The fraction of sp³-hybridized carbons (Fsp3) is 0.400. The molecule has 0 unspecified atom stereocenters. The molecule has 1 rings (SSSR count). The van der Waals surface area contributed by atoms with E-state index < -0.39 is 0 Å². The van der Waals surface area contributed by atoms with Crippen LogP contribution in [0.1, 0.15) is 31.4 Å². The fourth-order valence-electron chi connectivity index (χ4n) is 1.55.